The molecule has 0 aromatic carbocycles. The molecule has 3 heteroatoms. The molecule has 0 amide bonds. The Morgan fingerprint density at radius 1 is 1.38 bits per heavy atom. The van der Waals surface area contributed by atoms with Gasteiger partial charge in [0.15, 0.2) is 0 Å². The van der Waals surface area contributed by atoms with Crippen molar-refractivity contribution in [3.8, 4) is 0 Å². The number of nitrogens with zero attached hydrogens (tertiary/aromatic N) is 2. The minimum absolute atomic E-state index is 0.786. The first kappa shape index (κ1) is 9.99. The first-order valence-corrected chi connectivity index (χ1v) is 4.69. The molecule has 0 aliphatic heterocycles. The summed E-state index contributed by atoms with van der Waals surface area (Å²) < 4.78 is 0. The Morgan fingerprint density at radius 3 is 2.62 bits per heavy atom. The van der Waals surface area contributed by atoms with Gasteiger partial charge in [-0.1, -0.05) is 13.8 Å². The molecule has 3 nitrogen and oxygen atoms in total. The molecule has 13 heavy (non-hydrogen) atoms. The molecule has 0 unspecified atom stereocenters. The van der Waals surface area contributed by atoms with E-state index in [1.807, 2.05) is 12.1 Å². The lowest BCUT2D eigenvalue weighted by atomic mass is 10.3. The van der Waals surface area contributed by atoms with Crippen LogP contribution in [0.15, 0.2) is 18.3 Å². The molecule has 1 aromatic heterocycles. The average molecular weight is 179 g/mol. The summed E-state index contributed by atoms with van der Waals surface area (Å²) in [5, 5.41) is 0. The van der Waals surface area contributed by atoms with Crippen LogP contribution < -0.4 is 5.73 Å². The molecule has 0 saturated heterocycles. The van der Waals surface area contributed by atoms with Crippen molar-refractivity contribution in [3.63, 3.8) is 0 Å². The van der Waals surface area contributed by atoms with E-state index in [2.05, 4.69) is 23.7 Å². The summed E-state index contributed by atoms with van der Waals surface area (Å²) in [6.45, 7) is 7.20. The predicted molar refractivity (Wildman–Crippen MR) is 55.3 cm³/mol. The lowest BCUT2D eigenvalue weighted by Gasteiger charge is -2.17. The van der Waals surface area contributed by atoms with E-state index in [0.29, 0.717) is 0 Å². The summed E-state index contributed by atoms with van der Waals surface area (Å²) in [4.78, 5) is 6.54. The SMILES string of the molecule is CCN(CC)Cc1ncccc1N. The minimum atomic E-state index is 0.786. The van der Waals surface area contributed by atoms with E-state index >= 15 is 0 Å². The van der Waals surface area contributed by atoms with Crippen LogP contribution in [0.3, 0.4) is 0 Å². The van der Waals surface area contributed by atoms with Gasteiger partial charge in [0.2, 0.25) is 0 Å². The molecule has 0 spiro atoms. The average Bonchev–Trinajstić information content (AvgIpc) is 2.17. The smallest absolute Gasteiger partial charge is 0.0772 e. The first-order valence-electron chi connectivity index (χ1n) is 4.69. The summed E-state index contributed by atoms with van der Waals surface area (Å²) in [6, 6.07) is 3.76. The van der Waals surface area contributed by atoms with Crippen LogP contribution in [0, 0.1) is 0 Å². The van der Waals surface area contributed by atoms with E-state index in [1.54, 1.807) is 6.20 Å². The maximum absolute atomic E-state index is 5.79. The van der Waals surface area contributed by atoms with Crippen molar-refractivity contribution < 1.29 is 0 Å². The molecule has 0 atom stereocenters. The quantitative estimate of drug-likeness (QED) is 0.761. The highest BCUT2D eigenvalue weighted by Gasteiger charge is 2.04. The summed E-state index contributed by atoms with van der Waals surface area (Å²) in [5.41, 5.74) is 7.55. The Hall–Kier alpha value is -1.09. The molecule has 0 aliphatic carbocycles. The maximum Gasteiger partial charge on any atom is 0.0772 e. The predicted octanol–water partition coefficient (Wildman–Crippen LogP) is 1.51. The molecule has 1 heterocycles. The van der Waals surface area contributed by atoms with E-state index in [4.69, 9.17) is 5.73 Å². The van der Waals surface area contributed by atoms with E-state index in [9.17, 15) is 0 Å². The Labute approximate surface area is 79.6 Å². The number of nitrogens with two attached hydrogens (primary N) is 1. The van der Waals surface area contributed by atoms with Crippen molar-refractivity contribution >= 4 is 5.69 Å². The number of nitrogen functional groups attached to an aromatic ring is 1. The number of hydrogen-bond donors (Lipinski definition) is 1. The molecule has 0 bridgehead atoms. The van der Waals surface area contributed by atoms with Crippen LogP contribution in [0.2, 0.25) is 0 Å². The monoisotopic (exact) mass is 179 g/mol. The van der Waals surface area contributed by atoms with E-state index < -0.39 is 0 Å². The zero-order chi connectivity index (χ0) is 9.68. The van der Waals surface area contributed by atoms with Crippen LogP contribution in [0.25, 0.3) is 0 Å². The highest BCUT2D eigenvalue weighted by atomic mass is 15.1. The summed E-state index contributed by atoms with van der Waals surface area (Å²) in [6.07, 6.45) is 1.79. The molecule has 1 rings (SSSR count). The fourth-order valence-corrected chi connectivity index (χ4v) is 1.24. The van der Waals surface area contributed by atoms with Gasteiger partial charge in [-0.3, -0.25) is 9.88 Å². The number of rotatable bonds is 4. The van der Waals surface area contributed by atoms with Crippen LogP contribution >= 0.6 is 0 Å². The molecule has 0 saturated carbocycles. The summed E-state index contributed by atoms with van der Waals surface area (Å²) in [7, 11) is 0. The van der Waals surface area contributed by atoms with E-state index in [1.165, 1.54) is 0 Å². The van der Waals surface area contributed by atoms with E-state index in [0.717, 1.165) is 31.0 Å². The molecule has 0 aliphatic rings. The fraction of sp³-hybridized carbons (Fsp3) is 0.500. The fourth-order valence-electron chi connectivity index (χ4n) is 1.24. The van der Waals surface area contributed by atoms with Gasteiger partial charge in [0.1, 0.15) is 0 Å². The number of hydrogen-bond acceptors (Lipinski definition) is 3. The van der Waals surface area contributed by atoms with Gasteiger partial charge in [-0.05, 0) is 25.2 Å². The Balaban J connectivity index is 2.67. The van der Waals surface area contributed by atoms with E-state index in [-0.39, 0.29) is 0 Å². The molecule has 72 valence electrons. The van der Waals surface area contributed by atoms with Gasteiger partial charge in [0.25, 0.3) is 0 Å². The highest BCUT2D eigenvalue weighted by Crippen LogP contribution is 2.09. The third-order valence-electron chi connectivity index (χ3n) is 2.19. The minimum Gasteiger partial charge on any atom is -0.397 e. The van der Waals surface area contributed by atoms with Gasteiger partial charge >= 0.3 is 0 Å². The maximum atomic E-state index is 5.79. The summed E-state index contributed by atoms with van der Waals surface area (Å²) in [5.74, 6) is 0. The molecular weight excluding hydrogens is 162 g/mol. The van der Waals surface area contributed by atoms with Gasteiger partial charge in [-0.25, -0.2) is 0 Å². The van der Waals surface area contributed by atoms with Crippen molar-refractivity contribution in [2.75, 3.05) is 18.8 Å². The standard InChI is InChI=1S/C10H17N3/c1-3-13(4-2)8-10-9(11)6-5-7-12-10/h5-7H,3-4,8,11H2,1-2H3. The second kappa shape index (κ2) is 4.82. The van der Waals surface area contributed by atoms with Gasteiger partial charge in [0.05, 0.1) is 11.4 Å². The zero-order valence-electron chi connectivity index (χ0n) is 8.33. The summed E-state index contributed by atoms with van der Waals surface area (Å²) >= 11 is 0. The Morgan fingerprint density at radius 2 is 2.08 bits per heavy atom. The second-order valence-electron chi connectivity index (χ2n) is 3.00. The van der Waals surface area contributed by atoms with Crippen LogP contribution in [0.4, 0.5) is 5.69 Å². The largest absolute Gasteiger partial charge is 0.397 e. The van der Waals surface area contributed by atoms with Crippen LogP contribution in [-0.4, -0.2) is 23.0 Å². The van der Waals surface area contributed by atoms with Crippen molar-refractivity contribution in [1.29, 1.82) is 0 Å². The Bertz CT molecular complexity index is 256. The number of aromatic nitrogens is 1. The van der Waals surface area contributed by atoms with Crippen LogP contribution in [0.1, 0.15) is 19.5 Å². The lowest BCUT2D eigenvalue weighted by Crippen LogP contribution is -2.23. The Kier molecular flexibility index (Phi) is 3.71. The third kappa shape index (κ3) is 2.70. The lowest BCUT2D eigenvalue weighted by molar-refractivity contribution is 0.293. The van der Waals surface area contributed by atoms with Gasteiger partial charge in [0, 0.05) is 12.7 Å². The van der Waals surface area contributed by atoms with Gasteiger partial charge in [-0.2, -0.15) is 0 Å². The number of anilines is 1. The molecule has 0 fully saturated rings. The van der Waals surface area contributed by atoms with Crippen molar-refractivity contribution in [2.24, 2.45) is 0 Å². The van der Waals surface area contributed by atoms with Gasteiger partial charge < -0.3 is 5.73 Å². The van der Waals surface area contributed by atoms with Crippen LogP contribution in [-0.2, 0) is 6.54 Å². The molecule has 1 aromatic rings. The van der Waals surface area contributed by atoms with Crippen molar-refractivity contribution in [3.05, 3.63) is 24.0 Å². The molecule has 2 N–H and O–H groups in total. The van der Waals surface area contributed by atoms with Gasteiger partial charge in [-0.15, -0.1) is 0 Å². The van der Waals surface area contributed by atoms with Crippen molar-refractivity contribution in [1.82, 2.24) is 9.88 Å². The normalized spacial score (nSPS) is 10.7. The highest BCUT2D eigenvalue weighted by molar-refractivity contribution is 5.41. The van der Waals surface area contributed by atoms with Crippen molar-refractivity contribution in [2.45, 2.75) is 20.4 Å². The zero-order valence-corrected chi connectivity index (χ0v) is 8.33. The second-order valence-corrected chi connectivity index (χ2v) is 3.00. The third-order valence-corrected chi connectivity index (χ3v) is 2.19. The molecular formula is C10H17N3. The number of pyridine rings is 1. The van der Waals surface area contributed by atoms with Crippen LogP contribution in [0.5, 0.6) is 0 Å². The topological polar surface area (TPSA) is 42.2 Å². The first-order chi connectivity index (χ1) is 6.27. The molecule has 0 radical (unpaired) electrons.